The van der Waals surface area contributed by atoms with E-state index in [2.05, 4.69) is 36.3 Å². The van der Waals surface area contributed by atoms with Crippen LogP contribution in [0.4, 0.5) is 5.69 Å². The summed E-state index contributed by atoms with van der Waals surface area (Å²) < 4.78 is 1.83. The number of hydrogen-bond acceptors (Lipinski definition) is 4. The first kappa shape index (κ1) is 13.8. The first-order valence-corrected chi connectivity index (χ1v) is 6.67. The van der Waals surface area contributed by atoms with Crippen LogP contribution >= 0.6 is 11.6 Å². The molecule has 0 aliphatic rings. The molecule has 0 amide bonds. The van der Waals surface area contributed by atoms with Gasteiger partial charge in [-0.1, -0.05) is 24.9 Å². The molecule has 0 aliphatic heterocycles. The summed E-state index contributed by atoms with van der Waals surface area (Å²) in [5.74, 6) is 0.688. The lowest BCUT2D eigenvalue weighted by Gasteiger charge is -2.25. The van der Waals surface area contributed by atoms with Crippen molar-refractivity contribution in [2.75, 3.05) is 5.73 Å². The SMILES string of the molecule is CCCC(C)(C)n1nnnc1-c1cc(N)cc(Cl)c1. The van der Waals surface area contributed by atoms with Crippen molar-refractivity contribution in [2.45, 2.75) is 39.2 Å². The molecule has 0 unspecified atom stereocenters. The van der Waals surface area contributed by atoms with Crippen LogP contribution < -0.4 is 5.73 Å². The smallest absolute Gasteiger partial charge is 0.182 e. The van der Waals surface area contributed by atoms with Crippen molar-refractivity contribution >= 4 is 17.3 Å². The van der Waals surface area contributed by atoms with Crippen molar-refractivity contribution in [3.8, 4) is 11.4 Å². The molecule has 2 rings (SSSR count). The number of nitrogens with zero attached hydrogens (tertiary/aromatic N) is 4. The fourth-order valence-electron chi connectivity index (χ4n) is 2.23. The van der Waals surface area contributed by atoms with Crippen molar-refractivity contribution < 1.29 is 0 Å². The van der Waals surface area contributed by atoms with Gasteiger partial charge < -0.3 is 5.73 Å². The first-order valence-electron chi connectivity index (χ1n) is 6.29. The molecule has 2 N–H and O–H groups in total. The summed E-state index contributed by atoms with van der Waals surface area (Å²) in [6, 6.07) is 5.36. The number of halogens is 1. The third kappa shape index (κ3) is 2.87. The van der Waals surface area contributed by atoms with Gasteiger partial charge in [0.25, 0.3) is 0 Å². The van der Waals surface area contributed by atoms with E-state index in [1.54, 1.807) is 6.07 Å². The Hall–Kier alpha value is -1.62. The molecule has 5 nitrogen and oxygen atoms in total. The largest absolute Gasteiger partial charge is 0.399 e. The molecule has 0 fully saturated rings. The Morgan fingerprint density at radius 3 is 2.68 bits per heavy atom. The quantitative estimate of drug-likeness (QED) is 0.873. The lowest BCUT2D eigenvalue weighted by atomic mass is 9.98. The molecule has 0 saturated heterocycles. The Bertz CT molecular complexity index is 556. The van der Waals surface area contributed by atoms with Crippen LogP contribution in [-0.2, 0) is 5.54 Å². The zero-order chi connectivity index (χ0) is 14.0. The Balaban J connectivity index is 2.50. The molecular formula is C13H18ClN5. The van der Waals surface area contributed by atoms with Gasteiger partial charge in [0.1, 0.15) is 0 Å². The van der Waals surface area contributed by atoms with Gasteiger partial charge in [0.05, 0.1) is 5.54 Å². The third-order valence-electron chi connectivity index (χ3n) is 3.08. The average Bonchev–Trinajstić information content (AvgIpc) is 2.76. The fraction of sp³-hybridized carbons (Fsp3) is 0.462. The van der Waals surface area contributed by atoms with Crippen LogP contribution in [0.2, 0.25) is 5.02 Å². The Labute approximate surface area is 117 Å². The predicted octanol–water partition coefficient (Wildman–Crippen LogP) is 3.11. The number of tetrazole rings is 1. The second kappa shape index (κ2) is 5.17. The van der Waals surface area contributed by atoms with Crippen molar-refractivity contribution in [1.29, 1.82) is 0 Å². The Morgan fingerprint density at radius 2 is 2.05 bits per heavy atom. The number of nitrogen functional groups attached to an aromatic ring is 1. The summed E-state index contributed by atoms with van der Waals surface area (Å²) in [5.41, 5.74) is 7.11. The van der Waals surface area contributed by atoms with Crippen LogP contribution in [0.1, 0.15) is 33.6 Å². The second-order valence-corrected chi connectivity index (χ2v) is 5.69. The molecule has 1 aromatic heterocycles. The van der Waals surface area contributed by atoms with Crippen LogP contribution in [0.15, 0.2) is 18.2 Å². The Morgan fingerprint density at radius 1 is 1.32 bits per heavy atom. The molecular weight excluding hydrogens is 262 g/mol. The minimum atomic E-state index is -0.148. The number of aromatic nitrogens is 4. The molecule has 1 aromatic carbocycles. The predicted molar refractivity (Wildman–Crippen MR) is 76.9 cm³/mol. The molecule has 0 bridgehead atoms. The van der Waals surface area contributed by atoms with Crippen molar-refractivity contribution in [1.82, 2.24) is 20.2 Å². The minimum absolute atomic E-state index is 0.148. The van der Waals surface area contributed by atoms with Gasteiger partial charge in [-0.3, -0.25) is 0 Å². The van der Waals surface area contributed by atoms with Gasteiger partial charge in [-0.05, 0) is 48.9 Å². The van der Waals surface area contributed by atoms with Crippen LogP contribution in [-0.4, -0.2) is 20.2 Å². The van der Waals surface area contributed by atoms with Crippen LogP contribution in [0.3, 0.4) is 0 Å². The van der Waals surface area contributed by atoms with E-state index in [1.165, 1.54) is 0 Å². The highest BCUT2D eigenvalue weighted by Gasteiger charge is 2.25. The summed E-state index contributed by atoms with van der Waals surface area (Å²) in [7, 11) is 0. The monoisotopic (exact) mass is 279 g/mol. The number of benzene rings is 1. The molecule has 0 spiro atoms. The van der Waals surface area contributed by atoms with Crippen molar-refractivity contribution in [3.05, 3.63) is 23.2 Å². The van der Waals surface area contributed by atoms with E-state index in [4.69, 9.17) is 17.3 Å². The van der Waals surface area contributed by atoms with E-state index in [0.717, 1.165) is 18.4 Å². The zero-order valence-corrected chi connectivity index (χ0v) is 12.1. The van der Waals surface area contributed by atoms with E-state index < -0.39 is 0 Å². The normalized spacial score (nSPS) is 11.8. The molecule has 0 atom stereocenters. The van der Waals surface area contributed by atoms with Gasteiger partial charge in [-0.2, -0.15) is 0 Å². The minimum Gasteiger partial charge on any atom is -0.399 e. The van der Waals surface area contributed by atoms with Gasteiger partial charge in [-0.15, -0.1) is 5.10 Å². The number of anilines is 1. The molecule has 1 heterocycles. The van der Waals surface area contributed by atoms with E-state index in [-0.39, 0.29) is 5.54 Å². The number of nitrogens with two attached hydrogens (primary N) is 1. The third-order valence-corrected chi connectivity index (χ3v) is 3.30. The van der Waals surface area contributed by atoms with E-state index in [0.29, 0.717) is 16.5 Å². The first-order chi connectivity index (χ1) is 8.94. The van der Waals surface area contributed by atoms with Crippen LogP contribution in [0.5, 0.6) is 0 Å². The summed E-state index contributed by atoms with van der Waals surface area (Å²) in [4.78, 5) is 0. The second-order valence-electron chi connectivity index (χ2n) is 5.25. The lowest BCUT2D eigenvalue weighted by Crippen LogP contribution is -2.28. The Kier molecular flexibility index (Phi) is 3.75. The molecule has 0 saturated carbocycles. The average molecular weight is 280 g/mol. The highest BCUT2D eigenvalue weighted by atomic mass is 35.5. The molecule has 2 aromatic rings. The van der Waals surface area contributed by atoms with Gasteiger partial charge in [0, 0.05) is 16.3 Å². The topological polar surface area (TPSA) is 69.6 Å². The highest BCUT2D eigenvalue weighted by Crippen LogP contribution is 2.29. The number of rotatable bonds is 4. The maximum atomic E-state index is 6.04. The van der Waals surface area contributed by atoms with Crippen LogP contribution in [0.25, 0.3) is 11.4 Å². The fourth-order valence-corrected chi connectivity index (χ4v) is 2.48. The molecule has 0 radical (unpaired) electrons. The molecule has 0 aliphatic carbocycles. The van der Waals surface area contributed by atoms with Crippen molar-refractivity contribution in [2.24, 2.45) is 0 Å². The van der Waals surface area contributed by atoms with E-state index in [1.807, 2.05) is 16.8 Å². The van der Waals surface area contributed by atoms with Gasteiger partial charge in [0.15, 0.2) is 5.82 Å². The van der Waals surface area contributed by atoms with Crippen LogP contribution in [0, 0.1) is 0 Å². The van der Waals surface area contributed by atoms with Gasteiger partial charge >= 0.3 is 0 Å². The standard InChI is InChI=1S/C13H18ClN5/c1-4-5-13(2,3)19-12(16-17-18-19)9-6-10(14)8-11(15)7-9/h6-8H,4-5,15H2,1-3H3. The summed E-state index contributed by atoms with van der Waals surface area (Å²) in [6.45, 7) is 6.37. The maximum absolute atomic E-state index is 6.04. The molecule has 6 heteroatoms. The lowest BCUT2D eigenvalue weighted by molar-refractivity contribution is 0.290. The van der Waals surface area contributed by atoms with Crippen molar-refractivity contribution in [3.63, 3.8) is 0 Å². The maximum Gasteiger partial charge on any atom is 0.182 e. The van der Waals surface area contributed by atoms with E-state index in [9.17, 15) is 0 Å². The highest BCUT2D eigenvalue weighted by molar-refractivity contribution is 6.31. The molecule has 102 valence electrons. The van der Waals surface area contributed by atoms with Gasteiger partial charge in [0.2, 0.25) is 0 Å². The summed E-state index contributed by atoms with van der Waals surface area (Å²) in [5, 5.41) is 12.6. The zero-order valence-electron chi connectivity index (χ0n) is 11.4. The number of hydrogen-bond donors (Lipinski definition) is 1. The summed E-state index contributed by atoms with van der Waals surface area (Å²) >= 11 is 6.04. The summed E-state index contributed by atoms with van der Waals surface area (Å²) in [6.07, 6.45) is 2.05. The molecule has 19 heavy (non-hydrogen) atoms. The van der Waals surface area contributed by atoms with Gasteiger partial charge in [-0.25, -0.2) is 4.68 Å². The van der Waals surface area contributed by atoms with E-state index >= 15 is 0 Å².